The van der Waals surface area contributed by atoms with Crippen molar-refractivity contribution < 1.29 is 9.53 Å². The van der Waals surface area contributed by atoms with Gasteiger partial charge in [0.25, 0.3) is 0 Å². The van der Waals surface area contributed by atoms with Crippen molar-refractivity contribution in [1.82, 2.24) is 9.38 Å². The molecule has 0 spiro atoms. The molecule has 2 heterocycles. The third kappa shape index (κ3) is 3.17. The minimum atomic E-state index is -0.186. The molecule has 3 aromatic rings. The predicted octanol–water partition coefficient (Wildman–Crippen LogP) is 3.32. The molecule has 22 heavy (non-hydrogen) atoms. The number of aromatic nitrogens is 2. The fraction of sp³-hybridized carbons (Fsp3) is 0.222. The lowest BCUT2D eigenvalue weighted by molar-refractivity contribution is -0.145. The van der Waals surface area contributed by atoms with Crippen LogP contribution in [0.1, 0.15) is 23.4 Å². The molecule has 0 fully saturated rings. The number of carbonyl (C=O) groups is 1. The van der Waals surface area contributed by atoms with Crippen LogP contribution in [0.2, 0.25) is 0 Å². The summed E-state index contributed by atoms with van der Waals surface area (Å²) in [4.78, 5) is 16.4. The topological polar surface area (TPSA) is 43.6 Å². The first-order valence-corrected chi connectivity index (χ1v) is 7.36. The molecule has 0 aliphatic carbocycles. The van der Waals surface area contributed by atoms with Gasteiger partial charge in [-0.25, -0.2) is 4.98 Å². The van der Waals surface area contributed by atoms with Crippen molar-refractivity contribution in [2.24, 2.45) is 0 Å². The van der Waals surface area contributed by atoms with E-state index in [0.717, 1.165) is 22.6 Å². The summed E-state index contributed by atoms with van der Waals surface area (Å²) < 4.78 is 7.36. The minimum absolute atomic E-state index is 0.186. The fourth-order valence-corrected chi connectivity index (χ4v) is 2.45. The molecule has 4 heteroatoms. The molecule has 0 atom stereocenters. The van der Waals surface area contributed by atoms with Gasteiger partial charge in [0, 0.05) is 12.6 Å². The highest BCUT2D eigenvalue weighted by Crippen LogP contribution is 2.13. The molecule has 0 bridgehead atoms. The lowest BCUT2D eigenvalue weighted by atomic mass is 10.1. The first kappa shape index (κ1) is 14.3. The average Bonchev–Trinajstić information content (AvgIpc) is 2.87. The van der Waals surface area contributed by atoms with Gasteiger partial charge in [0.1, 0.15) is 12.3 Å². The fourth-order valence-electron chi connectivity index (χ4n) is 2.45. The Kier molecular flexibility index (Phi) is 4.19. The summed E-state index contributed by atoms with van der Waals surface area (Å²) in [5.74, 6) is -0.186. The van der Waals surface area contributed by atoms with E-state index in [1.165, 1.54) is 0 Å². The Morgan fingerprint density at radius 1 is 1.14 bits per heavy atom. The van der Waals surface area contributed by atoms with Gasteiger partial charge in [-0.15, -0.1) is 0 Å². The van der Waals surface area contributed by atoms with E-state index in [0.29, 0.717) is 12.8 Å². The molecule has 0 saturated heterocycles. The third-order valence-corrected chi connectivity index (χ3v) is 3.66. The molecular formula is C18H18N2O2. The summed E-state index contributed by atoms with van der Waals surface area (Å²) in [5.41, 5.74) is 3.83. The van der Waals surface area contributed by atoms with Crippen molar-refractivity contribution in [3.63, 3.8) is 0 Å². The standard InChI is InChI=1S/C18H18N2O2/c1-14-16(20-12-6-5-9-17(20)19-14)13-22-18(21)11-10-15-7-3-2-4-8-15/h2-9,12H,10-11,13H2,1H3. The van der Waals surface area contributed by atoms with Gasteiger partial charge < -0.3 is 9.14 Å². The number of pyridine rings is 1. The lowest BCUT2D eigenvalue weighted by Crippen LogP contribution is -2.08. The zero-order chi connectivity index (χ0) is 15.4. The van der Waals surface area contributed by atoms with Crippen LogP contribution < -0.4 is 0 Å². The third-order valence-electron chi connectivity index (χ3n) is 3.66. The second-order valence-electron chi connectivity index (χ2n) is 5.22. The number of aryl methyl sites for hydroxylation is 2. The highest BCUT2D eigenvalue weighted by atomic mass is 16.5. The van der Waals surface area contributed by atoms with Crippen LogP contribution in [0.4, 0.5) is 0 Å². The van der Waals surface area contributed by atoms with Gasteiger partial charge in [-0.1, -0.05) is 36.4 Å². The average molecular weight is 294 g/mol. The van der Waals surface area contributed by atoms with Crippen molar-refractivity contribution in [1.29, 1.82) is 0 Å². The van der Waals surface area contributed by atoms with Crippen LogP contribution in [-0.2, 0) is 22.6 Å². The maximum atomic E-state index is 11.9. The summed E-state index contributed by atoms with van der Waals surface area (Å²) >= 11 is 0. The van der Waals surface area contributed by atoms with E-state index in [9.17, 15) is 4.79 Å². The number of hydrogen-bond acceptors (Lipinski definition) is 3. The van der Waals surface area contributed by atoms with E-state index in [4.69, 9.17) is 4.74 Å². The van der Waals surface area contributed by atoms with Crippen LogP contribution in [0.15, 0.2) is 54.7 Å². The lowest BCUT2D eigenvalue weighted by Gasteiger charge is -2.06. The van der Waals surface area contributed by atoms with Crippen molar-refractivity contribution in [3.05, 3.63) is 71.7 Å². The molecule has 4 nitrogen and oxygen atoms in total. The Morgan fingerprint density at radius 3 is 2.73 bits per heavy atom. The molecule has 1 aromatic carbocycles. The van der Waals surface area contributed by atoms with Crippen LogP contribution in [0.25, 0.3) is 5.65 Å². The summed E-state index contributed by atoms with van der Waals surface area (Å²) in [5, 5.41) is 0. The Balaban J connectivity index is 1.59. The molecule has 3 rings (SSSR count). The number of imidazole rings is 1. The molecule has 0 aliphatic heterocycles. The molecule has 0 saturated carbocycles. The van der Waals surface area contributed by atoms with Gasteiger partial charge in [0.15, 0.2) is 0 Å². The van der Waals surface area contributed by atoms with E-state index in [-0.39, 0.29) is 12.6 Å². The van der Waals surface area contributed by atoms with Crippen molar-refractivity contribution >= 4 is 11.6 Å². The number of esters is 1. The van der Waals surface area contributed by atoms with E-state index in [2.05, 4.69) is 4.98 Å². The molecule has 0 radical (unpaired) electrons. The van der Waals surface area contributed by atoms with Gasteiger partial charge in [0.2, 0.25) is 0 Å². The number of rotatable bonds is 5. The smallest absolute Gasteiger partial charge is 0.306 e. The Morgan fingerprint density at radius 2 is 1.91 bits per heavy atom. The Hall–Kier alpha value is -2.62. The van der Waals surface area contributed by atoms with Crippen molar-refractivity contribution in [2.45, 2.75) is 26.4 Å². The van der Waals surface area contributed by atoms with E-state index in [1.807, 2.05) is 66.1 Å². The zero-order valence-corrected chi connectivity index (χ0v) is 12.5. The summed E-state index contributed by atoms with van der Waals surface area (Å²) in [6.45, 7) is 2.19. The van der Waals surface area contributed by atoms with Gasteiger partial charge in [-0.05, 0) is 31.0 Å². The first-order chi connectivity index (χ1) is 10.7. The molecular weight excluding hydrogens is 276 g/mol. The number of fused-ring (bicyclic) bond motifs is 1. The highest BCUT2D eigenvalue weighted by Gasteiger charge is 2.11. The number of hydrogen-bond donors (Lipinski definition) is 0. The highest BCUT2D eigenvalue weighted by molar-refractivity contribution is 5.69. The summed E-state index contributed by atoms with van der Waals surface area (Å²) in [7, 11) is 0. The molecule has 0 N–H and O–H groups in total. The maximum Gasteiger partial charge on any atom is 0.306 e. The molecule has 112 valence electrons. The quantitative estimate of drug-likeness (QED) is 0.678. The van der Waals surface area contributed by atoms with Crippen molar-refractivity contribution in [3.8, 4) is 0 Å². The van der Waals surface area contributed by atoms with E-state index < -0.39 is 0 Å². The number of carbonyl (C=O) groups excluding carboxylic acids is 1. The second kappa shape index (κ2) is 6.43. The SMILES string of the molecule is Cc1nc2ccccn2c1COC(=O)CCc1ccccc1. The second-order valence-corrected chi connectivity index (χ2v) is 5.22. The first-order valence-electron chi connectivity index (χ1n) is 7.36. The van der Waals surface area contributed by atoms with E-state index in [1.54, 1.807) is 0 Å². The number of nitrogens with zero attached hydrogens (tertiary/aromatic N) is 2. The van der Waals surface area contributed by atoms with Crippen LogP contribution in [0.5, 0.6) is 0 Å². The molecule has 0 aliphatic rings. The van der Waals surface area contributed by atoms with Crippen LogP contribution >= 0.6 is 0 Å². The normalized spacial score (nSPS) is 10.8. The molecule has 0 unspecified atom stereocenters. The van der Waals surface area contributed by atoms with Gasteiger partial charge >= 0.3 is 5.97 Å². The molecule has 0 amide bonds. The largest absolute Gasteiger partial charge is 0.459 e. The van der Waals surface area contributed by atoms with Gasteiger partial charge in [0.05, 0.1) is 11.4 Å². The number of benzene rings is 1. The zero-order valence-electron chi connectivity index (χ0n) is 12.5. The maximum absolute atomic E-state index is 11.9. The monoisotopic (exact) mass is 294 g/mol. The minimum Gasteiger partial charge on any atom is -0.459 e. The Bertz CT molecular complexity index is 778. The number of ether oxygens (including phenoxy) is 1. The summed E-state index contributed by atoms with van der Waals surface area (Å²) in [6.07, 6.45) is 3.02. The molecule has 2 aromatic heterocycles. The van der Waals surface area contributed by atoms with Crippen LogP contribution in [-0.4, -0.2) is 15.4 Å². The van der Waals surface area contributed by atoms with Crippen molar-refractivity contribution in [2.75, 3.05) is 0 Å². The van der Waals surface area contributed by atoms with Crippen LogP contribution in [0, 0.1) is 6.92 Å². The van der Waals surface area contributed by atoms with E-state index >= 15 is 0 Å². The van der Waals surface area contributed by atoms with Crippen LogP contribution in [0.3, 0.4) is 0 Å². The van der Waals surface area contributed by atoms with Gasteiger partial charge in [-0.2, -0.15) is 0 Å². The predicted molar refractivity (Wildman–Crippen MR) is 84.5 cm³/mol. The van der Waals surface area contributed by atoms with Gasteiger partial charge in [-0.3, -0.25) is 4.79 Å². The Labute approximate surface area is 129 Å². The summed E-state index contributed by atoms with van der Waals surface area (Å²) in [6, 6.07) is 15.8.